The lowest BCUT2D eigenvalue weighted by Gasteiger charge is -2.32. The van der Waals surface area contributed by atoms with Crippen LogP contribution in [-0.4, -0.2) is 49.8 Å². The Hall–Kier alpha value is -2.45. The maximum Gasteiger partial charge on any atom is 0.326 e. The number of thiazole rings is 1. The van der Waals surface area contributed by atoms with Crippen molar-refractivity contribution in [1.29, 1.82) is 0 Å². The highest BCUT2D eigenvalue weighted by atomic mass is 32.1. The van der Waals surface area contributed by atoms with Gasteiger partial charge in [-0.1, -0.05) is 26.2 Å². The van der Waals surface area contributed by atoms with Gasteiger partial charge < -0.3 is 14.2 Å². The van der Waals surface area contributed by atoms with Crippen molar-refractivity contribution in [3.63, 3.8) is 0 Å². The Morgan fingerprint density at radius 3 is 2.87 bits per heavy atom. The summed E-state index contributed by atoms with van der Waals surface area (Å²) >= 11 is 1.57. The number of ether oxygens (including phenoxy) is 3. The third-order valence-corrected chi connectivity index (χ3v) is 5.99. The molecule has 3 rings (SSSR count). The second-order valence-corrected chi connectivity index (χ2v) is 8.46. The summed E-state index contributed by atoms with van der Waals surface area (Å²) in [6, 6.07) is 5.59. The minimum Gasteiger partial charge on any atom is -0.479 e. The number of hydrogen-bond acceptors (Lipinski definition) is 7. The Balaban J connectivity index is 1.74. The maximum atomic E-state index is 12.8. The molecule has 1 aromatic heterocycles. The fourth-order valence-electron chi connectivity index (χ4n) is 3.37. The summed E-state index contributed by atoms with van der Waals surface area (Å²) in [4.78, 5) is 31.3. The number of carbonyl (C=O) groups excluding carboxylic acids is 2. The Labute approximate surface area is 187 Å². The molecule has 0 spiro atoms. The van der Waals surface area contributed by atoms with Gasteiger partial charge in [-0.3, -0.25) is 14.5 Å². The SMILES string of the molecule is CCCCCCOC(=O)CN1C(=O)C(C)Oc2ccc(-c3csc(CCOC)n3)cc21. The number of fused-ring (bicyclic) bond motifs is 1. The Kier molecular flexibility index (Phi) is 8.43. The van der Waals surface area contributed by atoms with Gasteiger partial charge in [0.25, 0.3) is 5.91 Å². The summed E-state index contributed by atoms with van der Waals surface area (Å²) in [6.45, 7) is 4.68. The molecule has 2 heterocycles. The molecule has 1 amide bonds. The molecule has 1 aliphatic heterocycles. The number of rotatable bonds is 11. The fourth-order valence-corrected chi connectivity index (χ4v) is 4.16. The molecular formula is C23H30N2O5S. The number of hydrogen-bond donors (Lipinski definition) is 0. The van der Waals surface area contributed by atoms with Crippen molar-refractivity contribution < 1.29 is 23.8 Å². The minimum absolute atomic E-state index is 0.132. The van der Waals surface area contributed by atoms with E-state index >= 15 is 0 Å². The largest absolute Gasteiger partial charge is 0.479 e. The topological polar surface area (TPSA) is 78.0 Å². The number of esters is 1. The van der Waals surface area contributed by atoms with Crippen molar-refractivity contribution >= 4 is 28.9 Å². The van der Waals surface area contributed by atoms with E-state index in [2.05, 4.69) is 11.9 Å². The van der Waals surface area contributed by atoms with Crippen LogP contribution >= 0.6 is 11.3 Å². The molecule has 1 atom stereocenters. The highest BCUT2D eigenvalue weighted by molar-refractivity contribution is 7.09. The summed E-state index contributed by atoms with van der Waals surface area (Å²) in [5.41, 5.74) is 2.25. The van der Waals surface area contributed by atoms with Gasteiger partial charge >= 0.3 is 5.97 Å². The zero-order valence-electron chi connectivity index (χ0n) is 18.4. The van der Waals surface area contributed by atoms with Crippen molar-refractivity contribution in [2.45, 2.75) is 52.1 Å². The number of anilines is 1. The van der Waals surface area contributed by atoms with Crippen LogP contribution in [-0.2, 0) is 25.5 Å². The number of aromatic nitrogens is 1. The zero-order valence-corrected chi connectivity index (χ0v) is 19.2. The molecular weight excluding hydrogens is 416 g/mol. The number of benzene rings is 1. The monoisotopic (exact) mass is 446 g/mol. The van der Waals surface area contributed by atoms with Gasteiger partial charge in [0.1, 0.15) is 12.3 Å². The highest BCUT2D eigenvalue weighted by Gasteiger charge is 2.33. The molecule has 0 bridgehead atoms. The summed E-state index contributed by atoms with van der Waals surface area (Å²) in [6.07, 6.45) is 4.21. The first kappa shape index (κ1) is 23.2. The van der Waals surface area contributed by atoms with E-state index in [0.29, 0.717) is 24.7 Å². The number of methoxy groups -OCH3 is 1. The van der Waals surface area contributed by atoms with E-state index in [0.717, 1.165) is 48.4 Å². The smallest absolute Gasteiger partial charge is 0.326 e. The Bertz CT molecular complexity index is 898. The third kappa shape index (κ3) is 6.04. The van der Waals surface area contributed by atoms with Gasteiger partial charge in [0.15, 0.2) is 6.10 Å². The van der Waals surface area contributed by atoms with Gasteiger partial charge in [-0.05, 0) is 31.5 Å². The van der Waals surface area contributed by atoms with Crippen LogP contribution in [0.15, 0.2) is 23.6 Å². The molecule has 1 aliphatic rings. The molecule has 7 nitrogen and oxygen atoms in total. The van der Waals surface area contributed by atoms with E-state index in [4.69, 9.17) is 14.2 Å². The van der Waals surface area contributed by atoms with E-state index in [9.17, 15) is 9.59 Å². The van der Waals surface area contributed by atoms with Crippen molar-refractivity contribution in [2.24, 2.45) is 0 Å². The molecule has 0 radical (unpaired) electrons. The molecule has 0 saturated carbocycles. The van der Waals surface area contributed by atoms with Gasteiger partial charge in [-0.25, -0.2) is 4.98 Å². The van der Waals surface area contributed by atoms with E-state index in [-0.39, 0.29) is 12.5 Å². The average molecular weight is 447 g/mol. The normalized spacial score (nSPS) is 15.5. The predicted octanol–water partition coefficient (Wildman–Crippen LogP) is 4.24. The summed E-state index contributed by atoms with van der Waals surface area (Å²) in [7, 11) is 1.67. The molecule has 0 saturated heterocycles. The molecule has 0 N–H and O–H groups in total. The third-order valence-electron chi connectivity index (χ3n) is 5.08. The number of nitrogens with zero attached hydrogens (tertiary/aromatic N) is 2. The molecule has 1 unspecified atom stereocenters. The quantitative estimate of drug-likeness (QED) is 0.380. The summed E-state index contributed by atoms with van der Waals surface area (Å²) in [5, 5.41) is 2.97. The van der Waals surface area contributed by atoms with E-state index in [1.54, 1.807) is 25.4 Å². The van der Waals surface area contributed by atoms with Gasteiger partial charge in [-0.15, -0.1) is 11.3 Å². The zero-order chi connectivity index (χ0) is 22.2. The van der Waals surface area contributed by atoms with Crippen LogP contribution in [0.4, 0.5) is 5.69 Å². The van der Waals surface area contributed by atoms with Crippen molar-refractivity contribution in [3.05, 3.63) is 28.6 Å². The van der Waals surface area contributed by atoms with Crippen LogP contribution in [0.3, 0.4) is 0 Å². The number of amides is 1. The highest BCUT2D eigenvalue weighted by Crippen LogP contribution is 2.37. The van der Waals surface area contributed by atoms with Crippen LogP contribution in [0, 0.1) is 0 Å². The lowest BCUT2D eigenvalue weighted by Crippen LogP contribution is -2.47. The van der Waals surface area contributed by atoms with Gasteiger partial charge in [0.05, 0.1) is 29.6 Å². The molecule has 8 heteroatoms. The van der Waals surface area contributed by atoms with E-state index in [1.165, 1.54) is 4.90 Å². The minimum atomic E-state index is -0.657. The number of carbonyl (C=O) groups is 2. The second-order valence-electron chi connectivity index (χ2n) is 7.52. The molecule has 0 fully saturated rings. The first-order chi connectivity index (χ1) is 15.0. The lowest BCUT2D eigenvalue weighted by atomic mass is 10.1. The van der Waals surface area contributed by atoms with E-state index < -0.39 is 12.1 Å². The molecule has 1 aromatic carbocycles. The lowest BCUT2D eigenvalue weighted by molar-refractivity contribution is -0.143. The van der Waals surface area contributed by atoms with Crippen LogP contribution in [0.25, 0.3) is 11.3 Å². The van der Waals surface area contributed by atoms with Crippen molar-refractivity contribution in [2.75, 3.05) is 31.8 Å². The molecule has 2 aromatic rings. The van der Waals surface area contributed by atoms with Crippen LogP contribution in [0.5, 0.6) is 5.75 Å². The van der Waals surface area contributed by atoms with Gasteiger partial charge in [0.2, 0.25) is 0 Å². The van der Waals surface area contributed by atoms with E-state index in [1.807, 2.05) is 23.6 Å². The summed E-state index contributed by atoms with van der Waals surface area (Å²) in [5.74, 6) is -0.0983. The standard InChI is InChI=1S/C23H30N2O5S/c1-4-5-6-7-11-29-22(26)14-25-19-13-17(8-9-20(19)30-16(2)23(25)27)18-15-31-21(24-18)10-12-28-3/h8-9,13,15-16H,4-7,10-12,14H2,1-3H3. The maximum absolute atomic E-state index is 12.8. The predicted molar refractivity (Wildman–Crippen MR) is 121 cm³/mol. The molecule has 31 heavy (non-hydrogen) atoms. The van der Waals surface area contributed by atoms with Crippen molar-refractivity contribution in [3.8, 4) is 17.0 Å². The van der Waals surface area contributed by atoms with Gasteiger partial charge in [-0.2, -0.15) is 0 Å². The fraction of sp³-hybridized carbons (Fsp3) is 0.522. The Morgan fingerprint density at radius 2 is 2.10 bits per heavy atom. The average Bonchev–Trinajstić information content (AvgIpc) is 3.24. The van der Waals surface area contributed by atoms with Crippen LogP contribution < -0.4 is 9.64 Å². The summed E-state index contributed by atoms with van der Waals surface area (Å²) < 4.78 is 16.2. The molecule has 0 aliphatic carbocycles. The van der Waals surface area contributed by atoms with Crippen LogP contribution in [0.2, 0.25) is 0 Å². The van der Waals surface area contributed by atoms with Gasteiger partial charge in [0, 0.05) is 24.5 Å². The number of unbranched alkanes of at least 4 members (excludes halogenated alkanes) is 3. The second kappa shape index (κ2) is 11.2. The first-order valence-electron chi connectivity index (χ1n) is 10.7. The first-order valence-corrected chi connectivity index (χ1v) is 11.6. The molecule has 168 valence electrons. The van der Waals surface area contributed by atoms with Crippen molar-refractivity contribution in [1.82, 2.24) is 4.98 Å². The van der Waals surface area contributed by atoms with Crippen LogP contribution in [0.1, 0.15) is 44.5 Å². The Morgan fingerprint density at radius 1 is 1.26 bits per heavy atom.